The van der Waals surface area contributed by atoms with Crippen LogP contribution in [0.3, 0.4) is 0 Å². The third kappa shape index (κ3) is 1.69. The molecule has 3 rings (SSSR count). The fourth-order valence-corrected chi connectivity index (χ4v) is 2.37. The van der Waals surface area contributed by atoms with Gasteiger partial charge in [0.2, 0.25) is 0 Å². The van der Waals surface area contributed by atoms with Crippen LogP contribution in [0.25, 0.3) is 10.8 Å². The normalized spacial score (nSPS) is 12.8. The van der Waals surface area contributed by atoms with Crippen LogP contribution in [-0.2, 0) is 7.05 Å². The van der Waals surface area contributed by atoms with Crippen molar-refractivity contribution in [2.45, 2.75) is 6.04 Å². The van der Waals surface area contributed by atoms with Crippen molar-refractivity contribution in [1.82, 2.24) is 9.78 Å². The summed E-state index contributed by atoms with van der Waals surface area (Å²) >= 11 is 0. The van der Waals surface area contributed by atoms with E-state index in [2.05, 4.69) is 29.4 Å². The van der Waals surface area contributed by atoms with Gasteiger partial charge in [0.1, 0.15) is 0 Å². The maximum absolute atomic E-state index is 6.37. The highest BCUT2D eigenvalue weighted by atomic mass is 15.3. The van der Waals surface area contributed by atoms with Gasteiger partial charge in [0, 0.05) is 13.2 Å². The number of aromatic nitrogens is 2. The minimum atomic E-state index is -0.149. The fourth-order valence-electron chi connectivity index (χ4n) is 2.37. The third-order valence-corrected chi connectivity index (χ3v) is 3.34. The molecule has 0 saturated carbocycles. The van der Waals surface area contributed by atoms with Gasteiger partial charge in [-0.25, -0.2) is 0 Å². The molecule has 1 atom stereocenters. The Labute approximate surface area is 106 Å². The summed E-state index contributed by atoms with van der Waals surface area (Å²) in [6, 6.07) is 16.4. The molecule has 2 aromatic carbocycles. The zero-order valence-corrected chi connectivity index (χ0v) is 10.2. The summed E-state index contributed by atoms with van der Waals surface area (Å²) in [6.07, 6.45) is 1.78. The topological polar surface area (TPSA) is 43.8 Å². The van der Waals surface area contributed by atoms with Gasteiger partial charge in [-0.3, -0.25) is 4.68 Å². The Balaban J connectivity index is 2.18. The lowest BCUT2D eigenvalue weighted by atomic mass is 9.97. The van der Waals surface area contributed by atoms with Crippen molar-refractivity contribution < 1.29 is 0 Å². The van der Waals surface area contributed by atoms with Crippen molar-refractivity contribution >= 4 is 10.8 Å². The Morgan fingerprint density at radius 1 is 1.06 bits per heavy atom. The van der Waals surface area contributed by atoms with Gasteiger partial charge < -0.3 is 5.73 Å². The molecule has 1 unspecified atom stereocenters. The monoisotopic (exact) mass is 237 g/mol. The lowest BCUT2D eigenvalue weighted by Gasteiger charge is -2.15. The zero-order valence-electron chi connectivity index (χ0n) is 10.2. The molecule has 2 N–H and O–H groups in total. The Hall–Kier alpha value is -2.13. The predicted molar refractivity (Wildman–Crippen MR) is 73.2 cm³/mol. The molecule has 90 valence electrons. The smallest absolute Gasteiger partial charge is 0.0729 e. The number of fused-ring (bicyclic) bond motifs is 1. The van der Waals surface area contributed by atoms with E-state index in [1.807, 2.05) is 36.0 Å². The average Bonchev–Trinajstić information content (AvgIpc) is 2.83. The fraction of sp³-hybridized carbons (Fsp3) is 0.133. The lowest BCUT2D eigenvalue weighted by molar-refractivity contribution is 0.675. The minimum absolute atomic E-state index is 0.149. The first-order valence-electron chi connectivity index (χ1n) is 5.98. The number of nitrogens with two attached hydrogens (primary N) is 1. The van der Waals surface area contributed by atoms with E-state index in [0.717, 1.165) is 11.3 Å². The van der Waals surface area contributed by atoms with Gasteiger partial charge in [0.25, 0.3) is 0 Å². The molecule has 0 spiro atoms. The van der Waals surface area contributed by atoms with Crippen LogP contribution < -0.4 is 5.73 Å². The molecule has 1 heterocycles. The molecule has 3 nitrogen and oxygen atoms in total. The Morgan fingerprint density at radius 3 is 2.61 bits per heavy atom. The highest BCUT2D eigenvalue weighted by Gasteiger charge is 2.14. The van der Waals surface area contributed by atoms with Crippen LogP contribution in [0.5, 0.6) is 0 Å². The van der Waals surface area contributed by atoms with Crippen LogP contribution >= 0.6 is 0 Å². The quantitative estimate of drug-likeness (QED) is 0.744. The molecule has 0 amide bonds. The van der Waals surface area contributed by atoms with Crippen molar-refractivity contribution in [3.05, 3.63) is 66.0 Å². The molecular formula is C15H15N3. The molecule has 0 bridgehead atoms. The first-order valence-corrected chi connectivity index (χ1v) is 5.98. The maximum atomic E-state index is 6.37. The molecule has 3 heteroatoms. The van der Waals surface area contributed by atoms with E-state index in [4.69, 9.17) is 5.73 Å². The molecule has 0 fully saturated rings. The number of rotatable bonds is 2. The molecule has 0 aliphatic carbocycles. The van der Waals surface area contributed by atoms with E-state index < -0.39 is 0 Å². The van der Waals surface area contributed by atoms with Crippen LogP contribution in [0, 0.1) is 0 Å². The van der Waals surface area contributed by atoms with E-state index >= 15 is 0 Å². The summed E-state index contributed by atoms with van der Waals surface area (Å²) in [5.41, 5.74) is 8.52. The minimum Gasteiger partial charge on any atom is -0.319 e. The molecule has 0 aliphatic heterocycles. The summed E-state index contributed by atoms with van der Waals surface area (Å²) in [6.45, 7) is 0. The van der Waals surface area contributed by atoms with Gasteiger partial charge in [0.15, 0.2) is 0 Å². The molecule has 0 aliphatic rings. The Bertz CT molecular complexity index is 680. The van der Waals surface area contributed by atoms with Gasteiger partial charge in [0.05, 0.1) is 11.7 Å². The van der Waals surface area contributed by atoms with Crippen molar-refractivity contribution in [2.75, 3.05) is 0 Å². The van der Waals surface area contributed by atoms with Gasteiger partial charge in [-0.05, 0) is 22.4 Å². The Morgan fingerprint density at radius 2 is 1.83 bits per heavy atom. The summed E-state index contributed by atoms with van der Waals surface area (Å²) in [5, 5.41) is 6.60. The highest BCUT2D eigenvalue weighted by Crippen LogP contribution is 2.26. The van der Waals surface area contributed by atoms with E-state index in [1.165, 1.54) is 10.8 Å². The van der Waals surface area contributed by atoms with E-state index in [1.54, 1.807) is 6.20 Å². The second-order valence-electron chi connectivity index (χ2n) is 4.43. The largest absolute Gasteiger partial charge is 0.319 e. The lowest BCUT2D eigenvalue weighted by Crippen LogP contribution is -2.16. The van der Waals surface area contributed by atoms with Gasteiger partial charge >= 0.3 is 0 Å². The maximum Gasteiger partial charge on any atom is 0.0729 e. The molecule has 1 aromatic heterocycles. The average molecular weight is 237 g/mol. The Kier molecular flexibility index (Phi) is 2.61. The van der Waals surface area contributed by atoms with Gasteiger partial charge in [-0.2, -0.15) is 5.10 Å². The SMILES string of the molecule is Cn1nccc1C(N)c1cccc2ccccc12. The van der Waals surface area contributed by atoms with Crippen molar-refractivity contribution in [3.63, 3.8) is 0 Å². The number of hydrogen-bond donors (Lipinski definition) is 1. The molecule has 18 heavy (non-hydrogen) atoms. The van der Waals surface area contributed by atoms with Gasteiger partial charge in [-0.15, -0.1) is 0 Å². The summed E-state index contributed by atoms with van der Waals surface area (Å²) < 4.78 is 1.83. The van der Waals surface area contributed by atoms with Crippen LogP contribution in [0.1, 0.15) is 17.3 Å². The second kappa shape index (κ2) is 4.27. The number of nitrogens with zero attached hydrogens (tertiary/aromatic N) is 2. The second-order valence-corrected chi connectivity index (χ2v) is 4.43. The molecule has 0 radical (unpaired) electrons. The highest BCUT2D eigenvalue weighted by molar-refractivity contribution is 5.86. The molecular weight excluding hydrogens is 222 g/mol. The summed E-state index contributed by atoms with van der Waals surface area (Å²) in [7, 11) is 1.92. The van der Waals surface area contributed by atoms with E-state index in [9.17, 15) is 0 Å². The predicted octanol–water partition coefficient (Wildman–Crippen LogP) is 2.62. The number of hydrogen-bond acceptors (Lipinski definition) is 2. The van der Waals surface area contributed by atoms with Crippen LogP contribution in [0.4, 0.5) is 0 Å². The molecule has 3 aromatic rings. The van der Waals surface area contributed by atoms with Crippen molar-refractivity contribution in [3.8, 4) is 0 Å². The number of benzene rings is 2. The van der Waals surface area contributed by atoms with E-state index in [0.29, 0.717) is 0 Å². The van der Waals surface area contributed by atoms with Crippen LogP contribution in [0.15, 0.2) is 54.7 Å². The van der Waals surface area contributed by atoms with E-state index in [-0.39, 0.29) is 6.04 Å². The summed E-state index contributed by atoms with van der Waals surface area (Å²) in [5.74, 6) is 0. The zero-order chi connectivity index (χ0) is 12.5. The first kappa shape index (κ1) is 11.0. The summed E-state index contributed by atoms with van der Waals surface area (Å²) in [4.78, 5) is 0. The van der Waals surface area contributed by atoms with Crippen LogP contribution in [-0.4, -0.2) is 9.78 Å². The first-order chi connectivity index (χ1) is 8.77. The third-order valence-electron chi connectivity index (χ3n) is 3.34. The van der Waals surface area contributed by atoms with Crippen LogP contribution in [0.2, 0.25) is 0 Å². The van der Waals surface area contributed by atoms with Crippen molar-refractivity contribution in [1.29, 1.82) is 0 Å². The van der Waals surface area contributed by atoms with Crippen molar-refractivity contribution in [2.24, 2.45) is 12.8 Å². The van der Waals surface area contributed by atoms with Gasteiger partial charge in [-0.1, -0.05) is 42.5 Å². The standard InChI is InChI=1S/C15H15N3/c1-18-14(9-10-17-18)15(16)13-8-4-6-11-5-2-3-7-12(11)13/h2-10,15H,16H2,1H3. The number of aryl methyl sites for hydroxylation is 1. The molecule has 0 saturated heterocycles.